The van der Waals surface area contributed by atoms with Gasteiger partial charge in [-0.3, -0.25) is 9.59 Å². The van der Waals surface area contributed by atoms with Gasteiger partial charge in [0.05, 0.1) is 0 Å². The number of carbonyl (C=O) groups excluding carboxylic acids is 2. The molecule has 5 heteroatoms. The van der Waals surface area contributed by atoms with Crippen molar-refractivity contribution in [2.45, 2.75) is 18.9 Å². The number of hydrogen-bond donors (Lipinski definition) is 2. The third-order valence-electron chi connectivity index (χ3n) is 2.67. The Hall–Kier alpha value is -1.36. The van der Waals surface area contributed by atoms with Gasteiger partial charge in [-0.2, -0.15) is 0 Å². The van der Waals surface area contributed by atoms with E-state index in [4.69, 9.17) is 0 Å². The van der Waals surface area contributed by atoms with E-state index in [0.717, 1.165) is 10.9 Å². The molecule has 1 aromatic carbocycles. The van der Waals surface area contributed by atoms with Crippen molar-refractivity contribution in [2.75, 3.05) is 6.54 Å². The summed E-state index contributed by atoms with van der Waals surface area (Å²) in [7, 11) is 0. The quantitative estimate of drug-likeness (QED) is 0.868. The highest BCUT2D eigenvalue weighted by Crippen LogP contribution is 2.12. The highest BCUT2D eigenvalue weighted by molar-refractivity contribution is 9.10. The van der Waals surface area contributed by atoms with Crippen LogP contribution in [0.5, 0.6) is 0 Å². The minimum atomic E-state index is -0.133. The van der Waals surface area contributed by atoms with Crippen molar-refractivity contribution in [1.29, 1.82) is 0 Å². The molecule has 2 N–H and O–H groups in total. The first-order valence-corrected chi connectivity index (χ1v) is 6.27. The van der Waals surface area contributed by atoms with Crippen LogP contribution in [0.1, 0.15) is 23.2 Å². The maximum atomic E-state index is 11.9. The van der Waals surface area contributed by atoms with Crippen molar-refractivity contribution in [3.05, 3.63) is 34.3 Å². The molecule has 4 nitrogen and oxygen atoms in total. The smallest absolute Gasteiger partial charge is 0.251 e. The summed E-state index contributed by atoms with van der Waals surface area (Å²) in [6.45, 7) is 0.627. The summed E-state index contributed by atoms with van der Waals surface area (Å²) < 4.78 is 0.867. The lowest BCUT2D eigenvalue weighted by Crippen LogP contribution is -2.45. The zero-order valence-electron chi connectivity index (χ0n) is 9.20. The monoisotopic (exact) mass is 296 g/mol. The largest absolute Gasteiger partial charge is 0.356 e. The first-order valence-electron chi connectivity index (χ1n) is 5.48. The molecule has 1 atom stereocenters. The molecule has 0 spiro atoms. The second kappa shape index (κ2) is 5.31. The number of amides is 2. The van der Waals surface area contributed by atoms with Gasteiger partial charge in [0.1, 0.15) is 0 Å². The lowest BCUT2D eigenvalue weighted by molar-refractivity contribution is -0.122. The highest BCUT2D eigenvalue weighted by atomic mass is 79.9. The van der Waals surface area contributed by atoms with E-state index in [9.17, 15) is 9.59 Å². The fourth-order valence-corrected chi connectivity index (χ4v) is 2.20. The summed E-state index contributed by atoms with van der Waals surface area (Å²) >= 11 is 3.32. The Morgan fingerprint density at radius 2 is 2.29 bits per heavy atom. The molecule has 0 radical (unpaired) electrons. The Morgan fingerprint density at radius 3 is 3.00 bits per heavy atom. The molecule has 0 saturated carbocycles. The van der Waals surface area contributed by atoms with Gasteiger partial charge >= 0.3 is 0 Å². The molecule has 1 aliphatic rings. The third kappa shape index (κ3) is 3.30. The minimum absolute atomic E-state index is 0.00390. The lowest BCUT2D eigenvalue weighted by Gasteiger charge is -2.23. The Morgan fingerprint density at radius 1 is 1.47 bits per heavy atom. The van der Waals surface area contributed by atoms with Crippen LogP contribution in [0.15, 0.2) is 28.7 Å². The van der Waals surface area contributed by atoms with E-state index in [0.29, 0.717) is 18.5 Å². The van der Waals surface area contributed by atoms with Gasteiger partial charge in [0.15, 0.2) is 0 Å². The number of carbonyl (C=O) groups is 2. The molecule has 0 aromatic heterocycles. The van der Waals surface area contributed by atoms with Crippen molar-refractivity contribution in [3.63, 3.8) is 0 Å². The number of piperidine rings is 1. The normalized spacial score (nSPS) is 19.6. The molecule has 1 heterocycles. The van der Waals surface area contributed by atoms with Crippen LogP contribution in [0.25, 0.3) is 0 Å². The van der Waals surface area contributed by atoms with Crippen molar-refractivity contribution in [3.8, 4) is 0 Å². The van der Waals surface area contributed by atoms with Crippen molar-refractivity contribution < 1.29 is 9.59 Å². The van der Waals surface area contributed by atoms with Gasteiger partial charge in [0.25, 0.3) is 5.91 Å². The summed E-state index contributed by atoms with van der Waals surface area (Å²) in [4.78, 5) is 23.1. The van der Waals surface area contributed by atoms with Gasteiger partial charge < -0.3 is 10.6 Å². The predicted octanol–water partition coefficient (Wildman–Crippen LogP) is 1.46. The van der Waals surface area contributed by atoms with Crippen LogP contribution in [-0.2, 0) is 4.79 Å². The average molecular weight is 297 g/mol. The Bertz CT molecular complexity index is 448. The zero-order chi connectivity index (χ0) is 12.3. The van der Waals surface area contributed by atoms with E-state index in [-0.39, 0.29) is 17.9 Å². The molecular formula is C12H13BrN2O2. The molecule has 17 heavy (non-hydrogen) atoms. The second-order valence-corrected chi connectivity index (χ2v) is 4.94. The average Bonchev–Trinajstić information content (AvgIpc) is 2.29. The van der Waals surface area contributed by atoms with E-state index in [1.54, 1.807) is 12.1 Å². The van der Waals surface area contributed by atoms with Crippen LogP contribution in [0.3, 0.4) is 0 Å². The summed E-state index contributed by atoms with van der Waals surface area (Å²) in [5, 5.41) is 5.61. The number of halogens is 1. The second-order valence-electron chi connectivity index (χ2n) is 4.02. The van der Waals surface area contributed by atoms with E-state index in [1.165, 1.54) is 0 Å². The van der Waals surface area contributed by atoms with Crippen LogP contribution in [0.4, 0.5) is 0 Å². The molecule has 0 bridgehead atoms. The minimum Gasteiger partial charge on any atom is -0.356 e. The maximum Gasteiger partial charge on any atom is 0.251 e. The van der Waals surface area contributed by atoms with Gasteiger partial charge in [0, 0.05) is 29.0 Å². The standard InChI is InChI=1S/C12H13BrN2O2/c13-9-3-1-2-8(6-9)12(17)15-10-4-5-14-11(16)7-10/h1-3,6,10H,4-5,7H2,(H,14,16)(H,15,17). The molecule has 1 fully saturated rings. The molecule has 1 aliphatic heterocycles. The molecule has 0 aliphatic carbocycles. The van der Waals surface area contributed by atoms with Crippen LogP contribution in [0, 0.1) is 0 Å². The Labute approximate surface area is 108 Å². The van der Waals surface area contributed by atoms with E-state index < -0.39 is 0 Å². The Kier molecular flexibility index (Phi) is 3.78. The van der Waals surface area contributed by atoms with Crippen molar-refractivity contribution in [2.24, 2.45) is 0 Å². The molecule has 1 saturated heterocycles. The highest BCUT2D eigenvalue weighted by Gasteiger charge is 2.20. The third-order valence-corrected chi connectivity index (χ3v) is 3.16. The van der Waals surface area contributed by atoms with Crippen LogP contribution in [-0.4, -0.2) is 24.4 Å². The SMILES string of the molecule is O=C1CC(NC(=O)c2cccc(Br)c2)CCN1. The topological polar surface area (TPSA) is 58.2 Å². The predicted molar refractivity (Wildman–Crippen MR) is 67.6 cm³/mol. The molecular weight excluding hydrogens is 284 g/mol. The van der Waals surface area contributed by atoms with E-state index in [1.807, 2.05) is 12.1 Å². The number of benzene rings is 1. The van der Waals surface area contributed by atoms with Gasteiger partial charge in [-0.05, 0) is 24.6 Å². The molecule has 2 rings (SSSR count). The zero-order valence-corrected chi connectivity index (χ0v) is 10.8. The number of hydrogen-bond acceptors (Lipinski definition) is 2. The van der Waals surface area contributed by atoms with Crippen LogP contribution < -0.4 is 10.6 Å². The summed E-state index contributed by atoms with van der Waals surface area (Å²) in [5.74, 6) is -0.137. The summed E-state index contributed by atoms with van der Waals surface area (Å²) in [5.41, 5.74) is 0.602. The first kappa shape index (κ1) is 12.1. The fourth-order valence-electron chi connectivity index (χ4n) is 1.81. The maximum absolute atomic E-state index is 11.9. The summed E-state index contributed by atoms with van der Waals surface area (Å²) in [6, 6.07) is 7.13. The first-order chi connectivity index (χ1) is 8.15. The molecule has 90 valence electrons. The van der Waals surface area contributed by atoms with Crippen LogP contribution >= 0.6 is 15.9 Å². The van der Waals surface area contributed by atoms with Gasteiger partial charge in [-0.25, -0.2) is 0 Å². The number of rotatable bonds is 2. The molecule has 1 unspecified atom stereocenters. The van der Waals surface area contributed by atoms with Gasteiger partial charge in [0.2, 0.25) is 5.91 Å². The van der Waals surface area contributed by atoms with Gasteiger partial charge in [-0.15, -0.1) is 0 Å². The molecule has 2 amide bonds. The van der Waals surface area contributed by atoms with Gasteiger partial charge in [-0.1, -0.05) is 22.0 Å². The number of nitrogens with one attached hydrogen (secondary N) is 2. The Balaban J connectivity index is 1.99. The van der Waals surface area contributed by atoms with E-state index >= 15 is 0 Å². The lowest BCUT2D eigenvalue weighted by atomic mass is 10.1. The fraction of sp³-hybridized carbons (Fsp3) is 0.333. The van der Waals surface area contributed by atoms with E-state index in [2.05, 4.69) is 26.6 Å². The summed E-state index contributed by atoms with van der Waals surface area (Å²) in [6.07, 6.45) is 1.14. The van der Waals surface area contributed by atoms with Crippen molar-refractivity contribution in [1.82, 2.24) is 10.6 Å². The van der Waals surface area contributed by atoms with Crippen molar-refractivity contribution >= 4 is 27.7 Å². The van der Waals surface area contributed by atoms with Crippen LogP contribution in [0.2, 0.25) is 0 Å². The molecule has 1 aromatic rings.